The first-order valence-corrected chi connectivity index (χ1v) is 6.04. The Morgan fingerprint density at radius 1 is 1.25 bits per heavy atom. The molecule has 1 aliphatic rings. The fraction of sp³-hybridized carbons (Fsp3) is 0.333. The number of nitrogens with two attached hydrogens (primary N) is 1. The van der Waals surface area contributed by atoms with Gasteiger partial charge in [0.25, 0.3) is 0 Å². The van der Waals surface area contributed by atoms with Gasteiger partial charge in [0.1, 0.15) is 0 Å². The van der Waals surface area contributed by atoms with E-state index in [4.69, 9.17) is 5.73 Å². The molecule has 0 aromatic heterocycles. The average Bonchev–Trinajstić information content (AvgIpc) is 2.56. The number of benzene rings is 1. The van der Waals surface area contributed by atoms with Gasteiger partial charge in [0, 0.05) is 17.2 Å². The van der Waals surface area contributed by atoms with E-state index in [0.717, 1.165) is 5.69 Å². The highest BCUT2D eigenvalue weighted by molar-refractivity contribution is 8.19. The lowest BCUT2D eigenvalue weighted by Gasteiger charge is -2.07. The third-order valence-electron chi connectivity index (χ3n) is 1.80. The summed E-state index contributed by atoms with van der Waals surface area (Å²) in [4.78, 5) is 0. The van der Waals surface area contributed by atoms with E-state index in [0.29, 0.717) is 4.58 Å². The van der Waals surface area contributed by atoms with Crippen molar-refractivity contribution in [3.8, 4) is 0 Å². The van der Waals surface area contributed by atoms with Crippen molar-refractivity contribution in [1.82, 2.24) is 0 Å². The van der Waals surface area contributed by atoms with Crippen molar-refractivity contribution >= 4 is 29.2 Å². The molecule has 3 heteroatoms. The fourth-order valence-corrected chi connectivity index (χ4v) is 4.09. The number of thioether (sulfide) groups is 2. The van der Waals surface area contributed by atoms with Crippen LogP contribution in [0.3, 0.4) is 0 Å². The molecule has 64 valence electrons. The van der Waals surface area contributed by atoms with E-state index < -0.39 is 0 Å². The van der Waals surface area contributed by atoms with Crippen LogP contribution in [0.15, 0.2) is 24.3 Å². The van der Waals surface area contributed by atoms with Crippen LogP contribution in [0, 0.1) is 0 Å². The highest BCUT2D eigenvalue weighted by atomic mass is 32.2. The lowest BCUT2D eigenvalue weighted by atomic mass is 10.2. The number of hydrogen-bond acceptors (Lipinski definition) is 3. The summed E-state index contributed by atoms with van der Waals surface area (Å²) in [6.45, 7) is 0. The molecule has 2 rings (SSSR count). The zero-order valence-corrected chi connectivity index (χ0v) is 8.33. The Balaban J connectivity index is 2.21. The van der Waals surface area contributed by atoms with E-state index in [1.54, 1.807) is 0 Å². The number of rotatable bonds is 1. The molecule has 2 N–H and O–H groups in total. The molecular formula is C9H11NS2. The van der Waals surface area contributed by atoms with E-state index in [-0.39, 0.29) is 0 Å². The van der Waals surface area contributed by atoms with Crippen LogP contribution < -0.4 is 5.73 Å². The summed E-state index contributed by atoms with van der Waals surface area (Å²) < 4.78 is 0.619. The van der Waals surface area contributed by atoms with Crippen LogP contribution in [0.4, 0.5) is 5.69 Å². The summed E-state index contributed by atoms with van der Waals surface area (Å²) in [7, 11) is 0. The summed E-state index contributed by atoms with van der Waals surface area (Å²) in [5.41, 5.74) is 7.95. The summed E-state index contributed by atoms with van der Waals surface area (Å²) in [5, 5.41) is 0. The Morgan fingerprint density at radius 3 is 2.67 bits per heavy atom. The van der Waals surface area contributed by atoms with Crippen molar-refractivity contribution in [2.24, 2.45) is 0 Å². The van der Waals surface area contributed by atoms with Crippen LogP contribution in [0.5, 0.6) is 0 Å². The first-order chi connectivity index (χ1) is 5.86. The molecule has 0 amide bonds. The Labute approximate surface area is 81.1 Å². The maximum absolute atomic E-state index is 5.71. The van der Waals surface area contributed by atoms with E-state index >= 15 is 0 Å². The van der Waals surface area contributed by atoms with E-state index in [1.807, 2.05) is 35.7 Å². The van der Waals surface area contributed by atoms with Crippen molar-refractivity contribution in [3.63, 3.8) is 0 Å². The van der Waals surface area contributed by atoms with Crippen LogP contribution in [0.1, 0.15) is 10.1 Å². The van der Waals surface area contributed by atoms with E-state index in [2.05, 4.69) is 12.1 Å². The van der Waals surface area contributed by atoms with Crippen molar-refractivity contribution in [1.29, 1.82) is 0 Å². The zero-order chi connectivity index (χ0) is 8.39. The van der Waals surface area contributed by atoms with E-state index in [9.17, 15) is 0 Å². The van der Waals surface area contributed by atoms with Gasteiger partial charge < -0.3 is 5.73 Å². The molecule has 1 aliphatic heterocycles. The second-order valence-corrected chi connectivity index (χ2v) is 5.47. The predicted octanol–water partition coefficient (Wildman–Crippen LogP) is 2.75. The van der Waals surface area contributed by atoms with Gasteiger partial charge in [-0.2, -0.15) is 0 Å². The van der Waals surface area contributed by atoms with Gasteiger partial charge in [0.05, 0.1) is 4.58 Å². The standard InChI is InChI=1S/C9H11NS2/c10-8-3-1-2-7(6-8)9-11-4-5-12-9/h1-3,6,9H,4-5,10H2. The summed E-state index contributed by atoms with van der Waals surface area (Å²) in [6, 6.07) is 8.21. The van der Waals surface area contributed by atoms with Crippen molar-refractivity contribution < 1.29 is 0 Å². The molecule has 0 atom stereocenters. The maximum atomic E-state index is 5.71. The molecule has 1 aromatic rings. The SMILES string of the molecule is Nc1cccc(C2SCCS2)c1. The van der Waals surface area contributed by atoms with E-state index in [1.165, 1.54) is 17.1 Å². The highest BCUT2D eigenvalue weighted by Crippen LogP contribution is 2.45. The highest BCUT2D eigenvalue weighted by Gasteiger charge is 2.17. The summed E-state index contributed by atoms with van der Waals surface area (Å²) in [6.07, 6.45) is 0. The topological polar surface area (TPSA) is 26.0 Å². The minimum Gasteiger partial charge on any atom is -0.399 e. The quantitative estimate of drug-likeness (QED) is 0.701. The lowest BCUT2D eigenvalue weighted by Crippen LogP contribution is -1.88. The molecule has 0 unspecified atom stereocenters. The first-order valence-electron chi connectivity index (χ1n) is 3.95. The molecule has 12 heavy (non-hydrogen) atoms. The van der Waals surface area contributed by atoms with Crippen LogP contribution in [0.25, 0.3) is 0 Å². The molecular weight excluding hydrogens is 186 g/mol. The minimum absolute atomic E-state index is 0.619. The second-order valence-electron chi connectivity index (χ2n) is 2.74. The Hall–Kier alpha value is -0.280. The van der Waals surface area contributed by atoms with Gasteiger partial charge in [-0.1, -0.05) is 12.1 Å². The third kappa shape index (κ3) is 1.72. The fourth-order valence-electron chi connectivity index (χ4n) is 1.26. The van der Waals surface area contributed by atoms with Crippen molar-refractivity contribution in [2.45, 2.75) is 4.58 Å². The molecule has 0 aliphatic carbocycles. The lowest BCUT2D eigenvalue weighted by molar-refractivity contribution is 1.39. The second kappa shape index (κ2) is 3.62. The molecule has 0 saturated carbocycles. The monoisotopic (exact) mass is 197 g/mol. The molecule has 0 spiro atoms. The van der Waals surface area contributed by atoms with Gasteiger partial charge in [0.15, 0.2) is 0 Å². The third-order valence-corrected chi connectivity index (χ3v) is 4.91. The van der Waals surface area contributed by atoms with Gasteiger partial charge in [-0.15, -0.1) is 23.5 Å². The molecule has 0 bridgehead atoms. The van der Waals surface area contributed by atoms with Crippen molar-refractivity contribution in [3.05, 3.63) is 29.8 Å². The van der Waals surface area contributed by atoms with Gasteiger partial charge in [0.2, 0.25) is 0 Å². The number of anilines is 1. The number of nitrogen functional groups attached to an aromatic ring is 1. The largest absolute Gasteiger partial charge is 0.399 e. The van der Waals surface area contributed by atoms with Crippen molar-refractivity contribution in [2.75, 3.05) is 17.2 Å². The Bertz CT molecular complexity index is 269. The smallest absolute Gasteiger partial charge is 0.0752 e. The van der Waals surface area contributed by atoms with Gasteiger partial charge >= 0.3 is 0 Å². The van der Waals surface area contributed by atoms with Crippen LogP contribution in [0.2, 0.25) is 0 Å². The molecule has 1 heterocycles. The molecule has 1 nitrogen and oxygen atoms in total. The minimum atomic E-state index is 0.619. The molecule has 1 aromatic carbocycles. The van der Waals surface area contributed by atoms with Gasteiger partial charge in [-0.05, 0) is 17.7 Å². The van der Waals surface area contributed by atoms with Crippen LogP contribution in [-0.2, 0) is 0 Å². The number of hydrogen-bond donors (Lipinski definition) is 1. The molecule has 1 saturated heterocycles. The first kappa shape index (κ1) is 8.32. The maximum Gasteiger partial charge on any atom is 0.0752 e. The predicted molar refractivity (Wildman–Crippen MR) is 58.5 cm³/mol. The molecule has 0 radical (unpaired) electrons. The zero-order valence-electron chi connectivity index (χ0n) is 6.69. The Morgan fingerprint density at radius 2 is 2.00 bits per heavy atom. The average molecular weight is 197 g/mol. The van der Waals surface area contributed by atoms with Gasteiger partial charge in [-0.25, -0.2) is 0 Å². The summed E-state index contributed by atoms with van der Waals surface area (Å²) in [5.74, 6) is 2.54. The van der Waals surface area contributed by atoms with Crippen LogP contribution in [-0.4, -0.2) is 11.5 Å². The normalized spacial score (nSPS) is 18.3. The van der Waals surface area contributed by atoms with Gasteiger partial charge in [-0.3, -0.25) is 0 Å². The van der Waals surface area contributed by atoms with Crippen LogP contribution >= 0.6 is 23.5 Å². The summed E-state index contributed by atoms with van der Waals surface area (Å²) >= 11 is 4.02. The molecule has 1 fully saturated rings. The Kier molecular flexibility index (Phi) is 2.51.